The lowest BCUT2D eigenvalue weighted by atomic mass is 10.1. The third-order valence-electron chi connectivity index (χ3n) is 2.94. The number of carbonyl (C=O) groups excluding carboxylic acids is 1. The second-order valence-electron chi connectivity index (χ2n) is 4.87. The average molecular weight is 258 g/mol. The molecule has 0 saturated heterocycles. The van der Waals surface area contributed by atoms with Gasteiger partial charge in [0.2, 0.25) is 0 Å². The number of hydrogen-bond acceptors (Lipinski definition) is 3. The number of aliphatic hydroxyl groups excluding tert-OH is 1. The predicted molar refractivity (Wildman–Crippen MR) is 75.0 cm³/mol. The monoisotopic (exact) mass is 258 g/mol. The summed E-state index contributed by atoms with van der Waals surface area (Å²) in [6, 6.07) is 9.14. The van der Waals surface area contributed by atoms with Crippen molar-refractivity contribution in [1.82, 2.24) is 10.3 Å². The van der Waals surface area contributed by atoms with Gasteiger partial charge in [0.1, 0.15) is 0 Å². The largest absolute Gasteiger partial charge is 0.393 e. The normalized spacial score (nSPS) is 14.1. The van der Waals surface area contributed by atoms with Crippen molar-refractivity contribution in [3.05, 3.63) is 42.1 Å². The van der Waals surface area contributed by atoms with Gasteiger partial charge in [-0.25, -0.2) is 0 Å². The molecule has 0 aliphatic heterocycles. The summed E-state index contributed by atoms with van der Waals surface area (Å²) in [6.07, 6.45) is 1.85. The molecular formula is C15H18N2O2. The van der Waals surface area contributed by atoms with Crippen LogP contribution in [0.25, 0.3) is 10.9 Å². The maximum absolute atomic E-state index is 12.1. The van der Waals surface area contributed by atoms with E-state index in [0.717, 1.165) is 10.9 Å². The number of nitrogens with one attached hydrogen (secondary N) is 1. The molecule has 1 heterocycles. The molecule has 4 heteroatoms. The first-order valence-corrected chi connectivity index (χ1v) is 6.40. The van der Waals surface area contributed by atoms with Crippen LogP contribution in [0.15, 0.2) is 36.5 Å². The molecule has 0 aliphatic rings. The number of benzene rings is 1. The van der Waals surface area contributed by atoms with E-state index in [1.165, 1.54) is 0 Å². The molecule has 2 rings (SSSR count). The van der Waals surface area contributed by atoms with Crippen molar-refractivity contribution in [2.75, 3.05) is 0 Å². The van der Waals surface area contributed by atoms with E-state index in [4.69, 9.17) is 0 Å². The summed E-state index contributed by atoms with van der Waals surface area (Å²) >= 11 is 0. The molecule has 2 N–H and O–H groups in total. The SMILES string of the molecule is CC(O)CC(C)NC(=O)c1ccc2ncccc2c1. The quantitative estimate of drug-likeness (QED) is 0.883. The molecule has 100 valence electrons. The van der Waals surface area contributed by atoms with E-state index >= 15 is 0 Å². The zero-order valence-electron chi connectivity index (χ0n) is 11.1. The molecule has 2 atom stereocenters. The molecule has 2 aromatic rings. The Kier molecular flexibility index (Phi) is 4.12. The van der Waals surface area contributed by atoms with Crippen LogP contribution in [0.2, 0.25) is 0 Å². The van der Waals surface area contributed by atoms with Gasteiger partial charge in [-0.2, -0.15) is 0 Å². The Labute approximate surface area is 112 Å². The number of carbonyl (C=O) groups is 1. The van der Waals surface area contributed by atoms with E-state index in [1.807, 2.05) is 31.2 Å². The van der Waals surface area contributed by atoms with Gasteiger partial charge in [-0.1, -0.05) is 6.07 Å². The van der Waals surface area contributed by atoms with Crippen LogP contribution in [-0.2, 0) is 0 Å². The molecule has 0 aliphatic carbocycles. The van der Waals surface area contributed by atoms with Crippen LogP contribution in [0.3, 0.4) is 0 Å². The van der Waals surface area contributed by atoms with Gasteiger partial charge in [-0.15, -0.1) is 0 Å². The maximum Gasteiger partial charge on any atom is 0.251 e. The smallest absolute Gasteiger partial charge is 0.251 e. The third kappa shape index (κ3) is 3.51. The Bertz CT molecular complexity index is 581. The highest BCUT2D eigenvalue weighted by Gasteiger charge is 2.12. The first-order chi connectivity index (χ1) is 9.06. The summed E-state index contributed by atoms with van der Waals surface area (Å²) < 4.78 is 0. The molecular weight excluding hydrogens is 240 g/mol. The zero-order chi connectivity index (χ0) is 13.8. The van der Waals surface area contributed by atoms with Gasteiger partial charge in [0.05, 0.1) is 11.6 Å². The molecule has 0 bridgehead atoms. The van der Waals surface area contributed by atoms with Crippen molar-refractivity contribution in [1.29, 1.82) is 0 Å². The lowest BCUT2D eigenvalue weighted by Gasteiger charge is -2.15. The van der Waals surface area contributed by atoms with Crippen LogP contribution < -0.4 is 5.32 Å². The number of rotatable bonds is 4. The van der Waals surface area contributed by atoms with Gasteiger partial charge < -0.3 is 10.4 Å². The topological polar surface area (TPSA) is 62.2 Å². The van der Waals surface area contributed by atoms with E-state index in [2.05, 4.69) is 10.3 Å². The Morgan fingerprint density at radius 1 is 1.37 bits per heavy atom. The lowest BCUT2D eigenvalue weighted by molar-refractivity contribution is 0.0923. The molecule has 0 radical (unpaired) electrons. The van der Waals surface area contributed by atoms with Crippen molar-refractivity contribution in [3.63, 3.8) is 0 Å². The predicted octanol–water partition coefficient (Wildman–Crippen LogP) is 2.12. The Balaban J connectivity index is 2.13. The van der Waals surface area contributed by atoms with E-state index in [1.54, 1.807) is 19.2 Å². The van der Waals surface area contributed by atoms with Gasteiger partial charge in [-0.05, 0) is 44.5 Å². The van der Waals surface area contributed by atoms with Crippen LogP contribution in [0, 0.1) is 0 Å². The maximum atomic E-state index is 12.1. The van der Waals surface area contributed by atoms with Crippen LogP contribution in [0.5, 0.6) is 0 Å². The molecule has 0 spiro atoms. The highest BCUT2D eigenvalue weighted by Crippen LogP contribution is 2.13. The fourth-order valence-corrected chi connectivity index (χ4v) is 2.09. The van der Waals surface area contributed by atoms with Crippen LogP contribution >= 0.6 is 0 Å². The molecule has 0 saturated carbocycles. The van der Waals surface area contributed by atoms with Crippen molar-refractivity contribution >= 4 is 16.8 Å². The van der Waals surface area contributed by atoms with Crippen LogP contribution in [-0.4, -0.2) is 28.1 Å². The van der Waals surface area contributed by atoms with E-state index in [9.17, 15) is 9.90 Å². The van der Waals surface area contributed by atoms with E-state index in [0.29, 0.717) is 12.0 Å². The molecule has 1 aromatic heterocycles. The van der Waals surface area contributed by atoms with Crippen molar-refractivity contribution in [2.45, 2.75) is 32.4 Å². The molecule has 1 amide bonds. The fourth-order valence-electron chi connectivity index (χ4n) is 2.09. The number of amides is 1. The van der Waals surface area contributed by atoms with Crippen molar-refractivity contribution in [2.24, 2.45) is 0 Å². The van der Waals surface area contributed by atoms with Crippen LogP contribution in [0.4, 0.5) is 0 Å². The first-order valence-electron chi connectivity index (χ1n) is 6.40. The molecule has 0 fully saturated rings. The number of aromatic nitrogens is 1. The third-order valence-corrected chi connectivity index (χ3v) is 2.94. The van der Waals surface area contributed by atoms with Gasteiger partial charge in [0.15, 0.2) is 0 Å². The number of aliphatic hydroxyl groups is 1. The summed E-state index contributed by atoms with van der Waals surface area (Å²) in [4.78, 5) is 16.3. The minimum Gasteiger partial charge on any atom is -0.393 e. The fraction of sp³-hybridized carbons (Fsp3) is 0.333. The number of nitrogens with zero attached hydrogens (tertiary/aromatic N) is 1. The molecule has 19 heavy (non-hydrogen) atoms. The summed E-state index contributed by atoms with van der Waals surface area (Å²) in [5, 5.41) is 13.1. The highest BCUT2D eigenvalue weighted by atomic mass is 16.3. The van der Waals surface area contributed by atoms with Crippen molar-refractivity contribution in [3.8, 4) is 0 Å². The molecule has 2 unspecified atom stereocenters. The first kappa shape index (κ1) is 13.5. The lowest BCUT2D eigenvalue weighted by Crippen LogP contribution is -2.34. The summed E-state index contributed by atoms with van der Waals surface area (Å²) in [7, 11) is 0. The summed E-state index contributed by atoms with van der Waals surface area (Å²) in [5.74, 6) is -0.126. The van der Waals surface area contributed by atoms with Gasteiger partial charge in [-0.3, -0.25) is 9.78 Å². The van der Waals surface area contributed by atoms with E-state index < -0.39 is 6.10 Å². The number of pyridine rings is 1. The summed E-state index contributed by atoms with van der Waals surface area (Å²) in [5.41, 5.74) is 1.48. The Morgan fingerprint density at radius 3 is 2.89 bits per heavy atom. The molecule has 4 nitrogen and oxygen atoms in total. The number of hydrogen-bond donors (Lipinski definition) is 2. The Hall–Kier alpha value is -1.94. The average Bonchev–Trinajstić information content (AvgIpc) is 2.37. The highest BCUT2D eigenvalue weighted by molar-refractivity contribution is 5.98. The Morgan fingerprint density at radius 2 is 2.16 bits per heavy atom. The van der Waals surface area contributed by atoms with Gasteiger partial charge in [0, 0.05) is 23.2 Å². The molecule has 1 aromatic carbocycles. The van der Waals surface area contributed by atoms with Crippen molar-refractivity contribution < 1.29 is 9.90 Å². The minimum absolute atomic E-state index is 0.0582. The van der Waals surface area contributed by atoms with Crippen LogP contribution in [0.1, 0.15) is 30.6 Å². The van der Waals surface area contributed by atoms with E-state index in [-0.39, 0.29) is 11.9 Å². The second-order valence-corrected chi connectivity index (χ2v) is 4.87. The summed E-state index contributed by atoms with van der Waals surface area (Å²) in [6.45, 7) is 3.59. The minimum atomic E-state index is -0.420. The second kappa shape index (κ2) is 5.80. The van der Waals surface area contributed by atoms with Gasteiger partial charge >= 0.3 is 0 Å². The van der Waals surface area contributed by atoms with Gasteiger partial charge in [0.25, 0.3) is 5.91 Å². The standard InChI is InChI=1S/C15H18N2O2/c1-10(8-11(2)18)17-15(19)13-5-6-14-12(9-13)4-3-7-16-14/h3-7,9-11,18H,8H2,1-2H3,(H,17,19). The zero-order valence-corrected chi connectivity index (χ0v) is 11.1. The number of fused-ring (bicyclic) bond motifs is 1.